The number of esters is 1. The van der Waals surface area contributed by atoms with Crippen LogP contribution in [-0.4, -0.2) is 26.5 Å². The van der Waals surface area contributed by atoms with Crippen LogP contribution in [0.5, 0.6) is 5.88 Å². The Labute approximate surface area is 163 Å². The summed E-state index contributed by atoms with van der Waals surface area (Å²) in [5.74, 6) is -0.927. The van der Waals surface area contributed by atoms with Gasteiger partial charge in [0.25, 0.3) is 5.69 Å². The number of ketones is 1. The zero-order chi connectivity index (χ0) is 21.3. The van der Waals surface area contributed by atoms with Gasteiger partial charge in [-0.2, -0.15) is 5.10 Å². The first-order valence-electron chi connectivity index (χ1n) is 8.66. The van der Waals surface area contributed by atoms with Crippen molar-refractivity contribution in [3.63, 3.8) is 0 Å². The molecule has 0 spiro atoms. The lowest BCUT2D eigenvalue weighted by atomic mass is 9.90. The molecule has 0 fully saturated rings. The highest BCUT2D eigenvalue weighted by Gasteiger charge is 2.28. The van der Waals surface area contributed by atoms with Crippen LogP contribution in [0.25, 0.3) is 5.57 Å². The fourth-order valence-electron chi connectivity index (χ4n) is 3.11. The van der Waals surface area contributed by atoms with Crippen LogP contribution >= 0.6 is 0 Å². The summed E-state index contributed by atoms with van der Waals surface area (Å²) in [7, 11) is 1.57. The van der Waals surface area contributed by atoms with Crippen LogP contribution in [0.4, 0.5) is 5.69 Å². The number of nitrogens with zero attached hydrogens (tertiary/aromatic N) is 3. The molecule has 1 heterocycles. The zero-order valence-corrected chi connectivity index (χ0v) is 17.0. The zero-order valence-electron chi connectivity index (χ0n) is 17.0. The Morgan fingerprint density at radius 1 is 1.11 bits per heavy atom. The Balaban J connectivity index is 2.76. The normalized spacial score (nSPS) is 10.5. The van der Waals surface area contributed by atoms with Crippen LogP contribution in [0.2, 0.25) is 0 Å². The summed E-state index contributed by atoms with van der Waals surface area (Å²) >= 11 is 0. The summed E-state index contributed by atoms with van der Waals surface area (Å²) in [5, 5.41) is 15.7. The van der Waals surface area contributed by atoms with E-state index < -0.39 is 16.7 Å². The molecule has 0 bridgehead atoms. The number of carbonyl (C=O) groups excluding carboxylic acids is 2. The van der Waals surface area contributed by atoms with Gasteiger partial charge in [0.15, 0.2) is 0 Å². The molecule has 1 aromatic heterocycles. The number of aryl methyl sites for hydroxylation is 2. The van der Waals surface area contributed by atoms with Crippen molar-refractivity contribution in [1.29, 1.82) is 0 Å². The minimum Gasteiger partial charge on any atom is -0.407 e. The molecule has 0 saturated carbocycles. The predicted octanol–water partition coefficient (Wildman–Crippen LogP) is 3.91. The lowest BCUT2D eigenvalue weighted by Crippen LogP contribution is -2.12. The fourth-order valence-corrected chi connectivity index (χ4v) is 3.11. The van der Waals surface area contributed by atoms with Crippen LogP contribution < -0.4 is 4.74 Å². The summed E-state index contributed by atoms with van der Waals surface area (Å²) in [5.41, 5.74) is 3.37. The largest absolute Gasteiger partial charge is 0.407 e. The van der Waals surface area contributed by atoms with Gasteiger partial charge in [0.2, 0.25) is 11.7 Å². The van der Waals surface area contributed by atoms with E-state index in [1.54, 1.807) is 27.8 Å². The molecule has 0 aliphatic heterocycles. The Bertz CT molecular complexity index is 1030. The second kappa shape index (κ2) is 7.75. The van der Waals surface area contributed by atoms with Crippen molar-refractivity contribution in [2.24, 2.45) is 7.05 Å². The first kappa shape index (κ1) is 21.0. The summed E-state index contributed by atoms with van der Waals surface area (Å²) in [6.07, 6.45) is 0. The van der Waals surface area contributed by atoms with Crippen LogP contribution in [0.3, 0.4) is 0 Å². The molecule has 8 heteroatoms. The lowest BCUT2D eigenvalue weighted by Gasteiger charge is -2.14. The van der Waals surface area contributed by atoms with Gasteiger partial charge < -0.3 is 4.74 Å². The molecular weight excluding hydrogens is 362 g/mol. The fraction of sp³-hybridized carbons (Fsp3) is 0.350. The van der Waals surface area contributed by atoms with Crippen molar-refractivity contribution < 1.29 is 19.2 Å². The van der Waals surface area contributed by atoms with E-state index >= 15 is 0 Å². The van der Waals surface area contributed by atoms with E-state index in [0.29, 0.717) is 22.4 Å². The van der Waals surface area contributed by atoms with Gasteiger partial charge in [-0.25, -0.2) is 4.68 Å². The molecule has 0 saturated heterocycles. The van der Waals surface area contributed by atoms with Crippen molar-refractivity contribution in [1.82, 2.24) is 9.78 Å². The van der Waals surface area contributed by atoms with E-state index in [4.69, 9.17) is 4.74 Å². The monoisotopic (exact) mass is 385 g/mol. The third-order valence-electron chi connectivity index (χ3n) is 4.65. The Morgan fingerprint density at radius 3 is 2.21 bits per heavy atom. The first-order chi connectivity index (χ1) is 13.0. The maximum absolute atomic E-state index is 13.3. The molecule has 8 nitrogen and oxygen atoms in total. The number of carbonyl (C=O) groups is 2. The highest BCUT2D eigenvalue weighted by Crippen LogP contribution is 2.35. The Kier molecular flexibility index (Phi) is 5.82. The minimum atomic E-state index is -0.571. The van der Waals surface area contributed by atoms with Crippen molar-refractivity contribution in [3.8, 4) is 5.88 Å². The summed E-state index contributed by atoms with van der Waals surface area (Å²) < 4.78 is 6.51. The van der Waals surface area contributed by atoms with Gasteiger partial charge in [-0.1, -0.05) is 5.57 Å². The van der Waals surface area contributed by atoms with Crippen molar-refractivity contribution >= 4 is 23.0 Å². The van der Waals surface area contributed by atoms with Crippen LogP contribution in [0.15, 0.2) is 17.7 Å². The summed E-state index contributed by atoms with van der Waals surface area (Å²) in [6, 6.07) is 2.76. The number of nitro groups is 1. The van der Waals surface area contributed by atoms with E-state index in [1.165, 1.54) is 23.7 Å². The SMILES string of the molecule is CC(=O)Oc1c(C(=O)c2ccc([N+](=O)[O-])c(C(C)=C(C)C)c2C)c(C)nn1C. The van der Waals surface area contributed by atoms with Gasteiger partial charge in [-0.15, -0.1) is 0 Å². The van der Waals surface area contributed by atoms with Crippen molar-refractivity contribution in [2.45, 2.75) is 41.5 Å². The number of rotatable bonds is 5. The molecule has 0 aliphatic rings. The van der Waals surface area contributed by atoms with Crippen LogP contribution in [0, 0.1) is 24.0 Å². The summed E-state index contributed by atoms with van der Waals surface area (Å²) in [4.78, 5) is 35.8. The smallest absolute Gasteiger partial charge is 0.309 e. The number of benzene rings is 1. The highest BCUT2D eigenvalue weighted by atomic mass is 16.6. The van der Waals surface area contributed by atoms with Crippen LogP contribution in [-0.2, 0) is 11.8 Å². The van der Waals surface area contributed by atoms with E-state index in [9.17, 15) is 19.7 Å². The van der Waals surface area contributed by atoms with Crippen molar-refractivity contribution in [3.05, 3.63) is 55.8 Å². The van der Waals surface area contributed by atoms with Gasteiger partial charge in [0.1, 0.15) is 5.56 Å². The second-order valence-electron chi connectivity index (χ2n) is 6.83. The molecule has 0 atom stereocenters. The number of hydrogen-bond acceptors (Lipinski definition) is 6. The molecule has 28 heavy (non-hydrogen) atoms. The molecular formula is C20H23N3O5. The maximum Gasteiger partial charge on any atom is 0.309 e. The summed E-state index contributed by atoms with van der Waals surface area (Å²) in [6.45, 7) is 10.1. The van der Waals surface area contributed by atoms with E-state index in [0.717, 1.165) is 11.1 Å². The van der Waals surface area contributed by atoms with Crippen molar-refractivity contribution in [2.75, 3.05) is 0 Å². The van der Waals surface area contributed by atoms with Gasteiger partial charge in [-0.3, -0.25) is 19.7 Å². The average molecular weight is 385 g/mol. The molecule has 2 aromatic rings. The molecule has 0 radical (unpaired) electrons. The number of aromatic nitrogens is 2. The van der Waals surface area contributed by atoms with Gasteiger partial charge >= 0.3 is 5.97 Å². The minimum absolute atomic E-state index is 0.0493. The van der Waals surface area contributed by atoms with E-state index in [-0.39, 0.29) is 17.1 Å². The highest BCUT2D eigenvalue weighted by molar-refractivity contribution is 6.13. The quantitative estimate of drug-likeness (QED) is 0.334. The van der Waals surface area contributed by atoms with E-state index in [1.807, 2.05) is 13.8 Å². The molecule has 148 valence electrons. The number of nitro benzene ring substituents is 1. The Morgan fingerprint density at radius 2 is 1.71 bits per heavy atom. The number of ether oxygens (including phenoxy) is 1. The number of allylic oxidation sites excluding steroid dienone is 2. The maximum atomic E-state index is 13.3. The van der Waals surface area contributed by atoms with Crippen LogP contribution in [0.1, 0.15) is 60.4 Å². The van der Waals surface area contributed by atoms with E-state index in [2.05, 4.69) is 5.10 Å². The molecule has 2 rings (SSSR count). The number of hydrogen-bond donors (Lipinski definition) is 0. The Hall–Kier alpha value is -3.29. The average Bonchev–Trinajstić information content (AvgIpc) is 2.85. The van der Waals surface area contributed by atoms with Gasteiger partial charge in [0, 0.05) is 25.6 Å². The molecule has 0 unspecified atom stereocenters. The topological polar surface area (TPSA) is 104 Å². The predicted molar refractivity (Wildman–Crippen MR) is 104 cm³/mol. The standard InChI is InChI=1S/C20H23N3O5/c1-10(2)11(3)17-12(4)15(8-9-16(17)23(26)27)19(25)18-13(5)21-22(7)20(18)28-14(6)24/h8-9H,1-7H3. The lowest BCUT2D eigenvalue weighted by molar-refractivity contribution is -0.385. The van der Waals surface area contributed by atoms with Gasteiger partial charge in [0.05, 0.1) is 16.2 Å². The van der Waals surface area contributed by atoms with Gasteiger partial charge in [-0.05, 0) is 51.8 Å². The molecule has 0 aliphatic carbocycles. The molecule has 0 N–H and O–H groups in total. The molecule has 0 amide bonds. The third-order valence-corrected chi connectivity index (χ3v) is 4.65. The second-order valence-corrected chi connectivity index (χ2v) is 6.83. The third kappa shape index (κ3) is 3.71. The first-order valence-corrected chi connectivity index (χ1v) is 8.66. The molecule has 1 aromatic carbocycles.